The lowest BCUT2D eigenvalue weighted by Crippen LogP contribution is -2.30. The monoisotopic (exact) mass is 271 g/mol. The van der Waals surface area contributed by atoms with Crippen molar-refractivity contribution in [1.82, 2.24) is 5.32 Å². The molecule has 0 radical (unpaired) electrons. The largest absolute Gasteiger partial charge is 0.351 e. The Morgan fingerprint density at radius 2 is 2.18 bits per heavy atom. The molecule has 0 saturated heterocycles. The molecule has 0 aliphatic carbocycles. The van der Waals surface area contributed by atoms with Crippen molar-refractivity contribution in [2.45, 2.75) is 30.0 Å². The van der Waals surface area contributed by atoms with E-state index in [0.29, 0.717) is 6.54 Å². The van der Waals surface area contributed by atoms with Gasteiger partial charge in [-0.25, -0.2) is 0 Å². The fourth-order valence-electron chi connectivity index (χ4n) is 1.55. The maximum Gasteiger partial charge on any atom is 0.252 e. The van der Waals surface area contributed by atoms with Gasteiger partial charge in [-0.3, -0.25) is 4.79 Å². The van der Waals surface area contributed by atoms with Gasteiger partial charge >= 0.3 is 0 Å². The van der Waals surface area contributed by atoms with Gasteiger partial charge in [0.15, 0.2) is 0 Å². The van der Waals surface area contributed by atoms with Crippen molar-refractivity contribution in [3.8, 4) is 0 Å². The van der Waals surface area contributed by atoms with Gasteiger partial charge in [0.25, 0.3) is 5.91 Å². The van der Waals surface area contributed by atoms with Crippen molar-refractivity contribution in [2.75, 3.05) is 12.8 Å². The number of hydrogen-bond donors (Lipinski definition) is 1. The van der Waals surface area contributed by atoms with E-state index >= 15 is 0 Å². The summed E-state index contributed by atoms with van der Waals surface area (Å²) in [4.78, 5) is 12.9. The summed E-state index contributed by atoms with van der Waals surface area (Å²) in [6.07, 6.45) is 3.92. The van der Waals surface area contributed by atoms with Crippen LogP contribution in [0.2, 0.25) is 0 Å². The molecule has 17 heavy (non-hydrogen) atoms. The molecule has 1 rings (SSSR count). The second kappa shape index (κ2) is 7.62. The van der Waals surface area contributed by atoms with Gasteiger partial charge in [-0.2, -0.15) is 0 Å². The Balaban J connectivity index is 2.58. The van der Waals surface area contributed by atoms with Crippen molar-refractivity contribution in [2.24, 2.45) is 0 Å². The van der Waals surface area contributed by atoms with Crippen LogP contribution in [0.25, 0.3) is 0 Å². The first-order valence-corrected chi connectivity index (χ1v) is 7.40. The standard InChI is InChI=1S/C13H18ClNOS/c1-3-6-10(14)9-15-13(16)11-7-4-5-8-12(11)17-2/h4-5,7-8,10H,3,6,9H2,1-2H3,(H,15,16). The lowest BCUT2D eigenvalue weighted by Gasteiger charge is -2.11. The first-order chi connectivity index (χ1) is 8.19. The van der Waals surface area contributed by atoms with Gasteiger partial charge < -0.3 is 5.32 Å². The van der Waals surface area contributed by atoms with Crippen LogP contribution in [-0.2, 0) is 0 Å². The average Bonchev–Trinajstić information content (AvgIpc) is 2.36. The first kappa shape index (κ1) is 14.4. The molecule has 1 aromatic rings. The van der Waals surface area contributed by atoms with Crippen LogP contribution in [0.4, 0.5) is 0 Å². The van der Waals surface area contributed by atoms with E-state index in [9.17, 15) is 4.79 Å². The summed E-state index contributed by atoms with van der Waals surface area (Å²) in [7, 11) is 0. The number of hydrogen-bond acceptors (Lipinski definition) is 2. The van der Waals surface area contributed by atoms with Gasteiger partial charge in [0.2, 0.25) is 0 Å². The molecule has 1 unspecified atom stereocenters. The molecule has 0 aliphatic heterocycles. The molecule has 94 valence electrons. The van der Waals surface area contributed by atoms with Crippen LogP contribution in [-0.4, -0.2) is 24.1 Å². The van der Waals surface area contributed by atoms with E-state index in [1.165, 1.54) is 0 Å². The third-order valence-corrected chi connectivity index (χ3v) is 3.61. The second-order valence-electron chi connectivity index (χ2n) is 3.80. The van der Waals surface area contributed by atoms with Crippen LogP contribution in [0, 0.1) is 0 Å². The number of halogens is 1. The van der Waals surface area contributed by atoms with Crippen LogP contribution < -0.4 is 5.32 Å². The minimum atomic E-state index is -0.0447. The molecule has 0 fully saturated rings. The summed E-state index contributed by atoms with van der Waals surface area (Å²) in [5, 5.41) is 2.89. The summed E-state index contributed by atoms with van der Waals surface area (Å²) in [5.41, 5.74) is 0.723. The Labute approximate surface area is 112 Å². The molecule has 1 aromatic carbocycles. The van der Waals surface area contributed by atoms with Gasteiger partial charge in [-0.05, 0) is 24.8 Å². The molecule has 0 saturated carbocycles. The van der Waals surface area contributed by atoms with E-state index < -0.39 is 0 Å². The van der Waals surface area contributed by atoms with E-state index in [1.54, 1.807) is 11.8 Å². The number of amides is 1. The minimum Gasteiger partial charge on any atom is -0.351 e. The summed E-state index contributed by atoms with van der Waals surface area (Å²) in [6, 6.07) is 7.59. The van der Waals surface area contributed by atoms with E-state index in [4.69, 9.17) is 11.6 Å². The van der Waals surface area contributed by atoms with Crippen LogP contribution in [0.3, 0.4) is 0 Å². The number of benzene rings is 1. The third kappa shape index (κ3) is 4.60. The molecule has 0 spiro atoms. The van der Waals surface area contributed by atoms with E-state index in [0.717, 1.165) is 23.3 Å². The molecule has 0 aromatic heterocycles. The van der Waals surface area contributed by atoms with Crippen LogP contribution in [0.5, 0.6) is 0 Å². The predicted octanol–water partition coefficient (Wildman–Crippen LogP) is 3.55. The van der Waals surface area contributed by atoms with Crippen LogP contribution in [0.1, 0.15) is 30.1 Å². The average molecular weight is 272 g/mol. The fraction of sp³-hybridized carbons (Fsp3) is 0.462. The van der Waals surface area contributed by atoms with E-state index in [2.05, 4.69) is 12.2 Å². The molecule has 1 atom stereocenters. The lowest BCUT2D eigenvalue weighted by atomic mass is 10.2. The van der Waals surface area contributed by atoms with Crippen molar-refractivity contribution < 1.29 is 4.79 Å². The summed E-state index contributed by atoms with van der Waals surface area (Å²) in [5.74, 6) is -0.0447. The number of nitrogens with one attached hydrogen (secondary N) is 1. The predicted molar refractivity (Wildman–Crippen MR) is 75.1 cm³/mol. The van der Waals surface area contributed by atoms with Gasteiger partial charge in [0.05, 0.1) is 10.9 Å². The molecule has 2 nitrogen and oxygen atoms in total. The SMILES string of the molecule is CCCC(Cl)CNC(=O)c1ccccc1SC. The molecule has 0 aliphatic rings. The Hall–Kier alpha value is -0.670. The van der Waals surface area contributed by atoms with Crippen LogP contribution in [0.15, 0.2) is 29.2 Å². The number of carbonyl (C=O) groups is 1. The summed E-state index contributed by atoms with van der Waals surface area (Å²) >= 11 is 7.64. The number of rotatable bonds is 6. The number of alkyl halides is 1. The number of thioether (sulfide) groups is 1. The summed E-state index contributed by atoms with van der Waals surface area (Å²) < 4.78 is 0. The highest BCUT2D eigenvalue weighted by atomic mass is 35.5. The van der Waals surface area contributed by atoms with Crippen molar-refractivity contribution in [3.05, 3.63) is 29.8 Å². The maximum absolute atomic E-state index is 12.0. The van der Waals surface area contributed by atoms with E-state index in [1.807, 2.05) is 30.5 Å². The van der Waals surface area contributed by atoms with Crippen molar-refractivity contribution in [1.29, 1.82) is 0 Å². The zero-order valence-corrected chi connectivity index (χ0v) is 11.8. The zero-order chi connectivity index (χ0) is 12.7. The van der Waals surface area contributed by atoms with Crippen molar-refractivity contribution in [3.63, 3.8) is 0 Å². The Morgan fingerprint density at radius 1 is 1.47 bits per heavy atom. The summed E-state index contributed by atoms with van der Waals surface area (Å²) in [6.45, 7) is 2.61. The highest BCUT2D eigenvalue weighted by Crippen LogP contribution is 2.19. The van der Waals surface area contributed by atoms with Gasteiger partial charge in [0.1, 0.15) is 0 Å². The molecule has 0 bridgehead atoms. The molecular weight excluding hydrogens is 254 g/mol. The van der Waals surface area contributed by atoms with Gasteiger partial charge in [0, 0.05) is 11.4 Å². The van der Waals surface area contributed by atoms with Gasteiger partial charge in [-0.1, -0.05) is 25.5 Å². The maximum atomic E-state index is 12.0. The molecule has 4 heteroatoms. The zero-order valence-electron chi connectivity index (χ0n) is 10.2. The molecule has 1 N–H and O–H groups in total. The first-order valence-electron chi connectivity index (χ1n) is 5.74. The molecular formula is C13H18ClNOS. The topological polar surface area (TPSA) is 29.1 Å². The third-order valence-electron chi connectivity index (χ3n) is 2.44. The quantitative estimate of drug-likeness (QED) is 0.633. The second-order valence-corrected chi connectivity index (χ2v) is 5.26. The highest BCUT2D eigenvalue weighted by Gasteiger charge is 2.11. The lowest BCUT2D eigenvalue weighted by molar-refractivity contribution is 0.0950. The highest BCUT2D eigenvalue weighted by molar-refractivity contribution is 7.98. The Bertz CT molecular complexity index is 370. The van der Waals surface area contributed by atoms with Gasteiger partial charge in [-0.15, -0.1) is 23.4 Å². The molecule has 1 amide bonds. The minimum absolute atomic E-state index is 0.0189. The number of carbonyl (C=O) groups excluding carboxylic acids is 1. The Kier molecular flexibility index (Phi) is 6.45. The fourth-order valence-corrected chi connectivity index (χ4v) is 2.44. The van der Waals surface area contributed by atoms with Crippen LogP contribution >= 0.6 is 23.4 Å². The molecule has 0 heterocycles. The normalized spacial score (nSPS) is 12.2. The Morgan fingerprint density at radius 3 is 2.82 bits per heavy atom. The smallest absolute Gasteiger partial charge is 0.252 e. The van der Waals surface area contributed by atoms with Crippen molar-refractivity contribution >= 4 is 29.3 Å². The van der Waals surface area contributed by atoms with E-state index in [-0.39, 0.29) is 11.3 Å².